The predicted molar refractivity (Wildman–Crippen MR) is 142 cm³/mol. The quantitative estimate of drug-likeness (QED) is 0.390. The average Bonchev–Trinajstić information content (AvgIpc) is 2.91. The number of morpholine rings is 1. The molecule has 3 heterocycles. The molecule has 0 bridgehead atoms. The molecule has 0 spiro atoms. The number of nitrogens with one attached hydrogen (secondary N) is 1. The number of guanidine groups is 1. The van der Waals surface area contributed by atoms with Crippen molar-refractivity contribution >= 4 is 17.7 Å². The number of nitrogens with two attached hydrogens (primary N) is 1. The molecule has 0 saturated carbocycles. The molecular weight excluding hydrogens is 456 g/mol. The van der Waals surface area contributed by atoms with Crippen molar-refractivity contribution in [1.82, 2.24) is 20.2 Å². The minimum atomic E-state index is -0.650. The summed E-state index contributed by atoms with van der Waals surface area (Å²) in [7, 11) is 0. The van der Waals surface area contributed by atoms with Crippen molar-refractivity contribution in [2.24, 2.45) is 10.7 Å². The third kappa shape index (κ3) is 7.59. The Hall–Kier alpha value is -3.82. The molecule has 0 atom stereocenters. The summed E-state index contributed by atoms with van der Waals surface area (Å²) < 4.78 is 10.3. The Morgan fingerprint density at radius 2 is 1.94 bits per heavy atom. The van der Waals surface area contributed by atoms with Crippen LogP contribution in [-0.2, 0) is 16.0 Å². The van der Waals surface area contributed by atoms with Crippen molar-refractivity contribution in [3.8, 4) is 22.4 Å². The molecule has 0 radical (unpaired) electrons. The standard InChI is InChI=1S/C25H28N6O3.C2H6/c1-2-34-25(32)30-24(26)29-22-6-5-19(20-4-3-8-27-16-20)15-21(22)23-14-18(7-9-28-23)17-31-10-12-33-13-11-31;1-2/h3-9,14-16H,2,10-13,17H2,1H3,(H3,26,29,30,32);1-2H3. The van der Waals surface area contributed by atoms with E-state index in [0.29, 0.717) is 5.69 Å². The van der Waals surface area contributed by atoms with E-state index in [1.54, 1.807) is 25.5 Å². The third-order valence-electron chi connectivity index (χ3n) is 5.35. The number of rotatable bonds is 6. The monoisotopic (exact) mass is 490 g/mol. The highest BCUT2D eigenvalue weighted by Crippen LogP contribution is 2.34. The van der Waals surface area contributed by atoms with Crippen LogP contribution in [0.2, 0.25) is 0 Å². The molecule has 1 aliphatic rings. The first-order valence-electron chi connectivity index (χ1n) is 12.2. The van der Waals surface area contributed by atoms with E-state index < -0.39 is 6.09 Å². The van der Waals surface area contributed by atoms with Gasteiger partial charge in [-0.2, -0.15) is 0 Å². The van der Waals surface area contributed by atoms with Gasteiger partial charge in [0.15, 0.2) is 0 Å². The fourth-order valence-electron chi connectivity index (χ4n) is 3.72. The SMILES string of the molecule is CC.CCOC(=O)NC(N)=Nc1ccc(-c2cccnc2)cc1-c1cc(CN2CCOCC2)ccn1. The van der Waals surface area contributed by atoms with Crippen LogP contribution in [0.4, 0.5) is 10.5 Å². The Bertz CT molecular complexity index is 1150. The molecular formula is C27H34N6O3. The highest BCUT2D eigenvalue weighted by molar-refractivity contribution is 5.95. The molecule has 9 nitrogen and oxygen atoms in total. The van der Waals surface area contributed by atoms with Gasteiger partial charge in [-0.25, -0.2) is 9.79 Å². The van der Waals surface area contributed by atoms with E-state index in [2.05, 4.69) is 31.2 Å². The zero-order valence-electron chi connectivity index (χ0n) is 21.1. The van der Waals surface area contributed by atoms with Gasteiger partial charge in [-0.05, 0) is 48.4 Å². The van der Waals surface area contributed by atoms with E-state index in [1.165, 1.54) is 0 Å². The third-order valence-corrected chi connectivity index (χ3v) is 5.35. The van der Waals surface area contributed by atoms with Crippen molar-refractivity contribution < 1.29 is 14.3 Å². The normalized spacial score (nSPS) is 13.9. The van der Waals surface area contributed by atoms with Gasteiger partial charge in [0.25, 0.3) is 0 Å². The number of carbonyl (C=O) groups excluding carboxylic acids is 1. The molecule has 1 amide bonds. The summed E-state index contributed by atoms with van der Waals surface area (Å²) in [5.41, 5.74) is 11.2. The summed E-state index contributed by atoms with van der Waals surface area (Å²) in [6.07, 6.45) is 4.70. The number of aliphatic imine (C=N–C) groups is 1. The zero-order valence-corrected chi connectivity index (χ0v) is 21.1. The lowest BCUT2D eigenvalue weighted by Crippen LogP contribution is -2.36. The summed E-state index contributed by atoms with van der Waals surface area (Å²) in [4.78, 5) is 27.4. The Morgan fingerprint density at radius 3 is 2.67 bits per heavy atom. The first-order valence-corrected chi connectivity index (χ1v) is 12.2. The lowest BCUT2D eigenvalue weighted by Gasteiger charge is -2.26. The molecule has 2 aromatic heterocycles. The largest absolute Gasteiger partial charge is 0.450 e. The Morgan fingerprint density at radius 1 is 1.14 bits per heavy atom. The second-order valence-electron chi connectivity index (χ2n) is 7.75. The topological polar surface area (TPSA) is 115 Å². The van der Waals surface area contributed by atoms with Crippen molar-refractivity contribution in [2.75, 3.05) is 32.9 Å². The molecule has 0 aliphatic carbocycles. The summed E-state index contributed by atoms with van der Waals surface area (Å²) in [6.45, 7) is 10.1. The number of carbonyl (C=O) groups is 1. The van der Waals surface area contributed by atoms with Crippen molar-refractivity contribution in [1.29, 1.82) is 0 Å². The van der Waals surface area contributed by atoms with Crippen LogP contribution in [0.1, 0.15) is 26.3 Å². The van der Waals surface area contributed by atoms with Crippen LogP contribution in [-0.4, -0.2) is 59.8 Å². The molecule has 3 N–H and O–H groups in total. The Balaban J connectivity index is 0.00000176. The molecule has 3 aromatic rings. The van der Waals surface area contributed by atoms with Gasteiger partial charge in [0, 0.05) is 49.4 Å². The van der Waals surface area contributed by atoms with E-state index in [9.17, 15) is 4.79 Å². The lowest BCUT2D eigenvalue weighted by atomic mass is 10.00. The minimum Gasteiger partial charge on any atom is -0.450 e. The molecule has 1 aliphatic heterocycles. The fraction of sp³-hybridized carbons (Fsp3) is 0.333. The Labute approximate surface area is 212 Å². The molecule has 0 unspecified atom stereocenters. The van der Waals surface area contributed by atoms with Crippen LogP contribution in [0.3, 0.4) is 0 Å². The van der Waals surface area contributed by atoms with Crippen LogP contribution >= 0.6 is 0 Å². The van der Waals surface area contributed by atoms with Crippen molar-refractivity contribution in [3.63, 3.8) is 0 Å². The molecule has 1 fully saturated rings. The van der Waals surface area contributed by atoms with E-state index in [0.717, 1.165) is 60.8 Å². The zero-order chi connectivity index (χ0) is 25.8. The van der Waals surface area contributed by atoms with Crippen LogP contribution in [0.25, 0.3) is 22.4 Å². The van der Waals surface area contributed by atoms with Gasteiger partial charge in [0.2, 0.25) is 5.96 Å². The summed E-state index contributed by atoms with van der Waals surface area (Å²) >= 11 is 0. The number of ether oxygens (including phenoxy) is 2. The molecule has 36 heavy (non-hydrogen) atoms. The smallest absolute Gasteiger partial charge is 0.413 e. The molecule has 190 valence electrons. The Kier molecular flexibility index (Phi) is 10.3. The number of nitrogens with zero attached hydrogens (tertiary/aromatic N) is 4. The average molecular weight is 491 g/mol. The summed E-state index contributed by atoms with van der Waals surface area (Å²) in [6, 6.07) is 13.8. The van der Waals surface area contributed by atoms with E-state index in [1.807, 2.05) is 50.2 Å². The number of benzene rings is 1. The minimum absolute atomic E-state index is 0.0571. The molecule has 1 aromatic carbocycles. The highest BCUT2D eigenvalue weighted by atomic mass is 16.5. The second-order valence-corrected chi connectivity index (χ2v) is 7.75. The summed E-state index contributed by atoms with van der Waals surface area (Å²) in [5, 5.41) is 2.44. The maximum Gasteiger partial charge on any atom is 0.413 e. The molecule has 9 heteroatoms. The van der Waals surface area contributed by atoms with Gasteiger partial charge in [0.1, 0.15) is 0 Å². The second kappa shape index (κ2) is 13.9. The highest BCUT2D eigenvalue weighted by Gasteiger charge is 2.14. The van der Waals surface area contributed by atoms with Gasteiger partial charge < -0.3 is 15.2 Å². The van der Waals surface area contributed by atoms with Gasteiger partial charge in [-0.1, -0.05) is 26.0 Å². The number of amides is 1. The van der Waals surface area contributed by atoms with Crippen molar-refractivity contribution in [2.45, 2.75) is 27.3 Å². The maximum absolute atomic E-state index is 11.7. The number of pyridine rings is 2. The number of hydrogen-bond donors (Lipinski definition) is 2. The maximum atomic E-state index is 11.7. The van der Waals surface area contributed by atoms with E-state index in [-0.39, 0.29) is 12.6 Å². The van der Waals surface area contributed by atoms with Crippen LogP contribution in [0.5, 0.6) is 0 Å². The van der Waals surface area contributed by atoms with Gasteiger partial charge >= 0.3 is 6.09 Å². The number of aromatic nitrogens is 2. The van der Waals surface area contributed by atoms with E-state index in [4.69, 9.17) is 15.2 Å². The van der Waals surface area contributed by atoms with Gasteiger partial charge in [0.05, 0.1) is 31.2 Å². The summed E-state index contributed by atoms with van der Waals surface area (Å²) in [5.74, 6) is -0.0571. The van der Waals surface area contributed by atoms with Crippen molar-refractivity contribution in [3.05, 3.63) is 66.6 Å². The van der Waals surface area contributed by atoms with Gasteiger partial charge in [-0.15, -0.1) is 0 Å². The first kappa shape index (κ1) is 26.8. The van der Waals surface area contributed by atoms with Crippen LogP contribution in [0, 0.1) is 0 Å². The fourth-order valence-corrected chi connectivity index (χ4v) is 3.72. The predicted octanol–water partition coefficient (Wildman–Crippen LogP) is 4.36. The number of hydrogen-bond acceptors (Lipinski definition) is 7. The van der Waals surface area contributed by atoms with Crippen LogP contribution < -0.4 is 11.1 Å². The van der Waals surface area contributed by atoms with Crippen LogP contribution in [0.15, 0.2) is 66.0 Å². The molecule has 1 saturated heterocycles. The van der Waals surface area contributed by atoms with Gasteiger partial charge in [-0.3, -0.25) is 20.2 Å². The lowest BCUT2D eigenvalue weighted by molar-refractivity contribution is 0.0342. The first-order chi connectivity index (χ1) is 17.6. The van der Waals surface area contributed by atoms with E-state index >= 15 is 0 Å². The number of alkyl carbamates (subject to hydrolysis) is 1. The molecule has 4 rings (SSSR count).